The molecule has 0 spiro atoms. The molecule has 2 amide bonds. The van der Waals surface area contributed by atoms with Crippen LogP contribution in [0.1, 0.15) is 38.1 Å². The lowest BCUT2D eigenvalue weighted by molar-refractivity contribution is -0.120. The summed E-state index contributed by atoms with van der Waals surface area (Å²) in [6.45, 7) is 8.83. The van der Waals surface area contributed by atoms with Crippen LogP contribution in [0.5, 0.6) is 5.75 Å². The molecule has 0 aromatic heterocycles. The Morgan fingerprint density at radius 1 is 0.929 bits per heavy atom. The van der Waals surface area contributed by atoms with Gasteiger partial charge in [-0.25, -0.2) is 0 Å². The number of rotatable bonds is 9. The van der Waals surface area contributed by atoms with E-state index in [1.165, 1.54) is 0 Å². The Labute approximate surface area is 166 Å². The summed E-state index contributed by atoms with van der Waals surface area (Å²) >= 11 is 0. The van der Waals surface area contributed by atoms with Gasteiger partial charge in [-0.3, -0.25) is 9.59 Å². The Balaban J connectivity index is 1.85. The van der Waals surface area contributed by atoms with E-state index in [1.807, 2.05) is 26.0 Å². The highest BCUT2D eigenvalue weighted by Crippen LogP contribution is 2.17. The van der Waals surface area contributed by atoms with Crippen LogP contribution in [0.3, 0.4) is 0 Å². The topological polar surface area (TPSA) is 79.5 Å². The van der Waals surface area contributed by atoms with Crippen LogP contribution in [0.4, 0.5) is 11.4 Å². The summed E-state index contributed by atoms with van der Waals surface area (Å²) in [4.78, 5) is 24.3. The zero-order valence-electron chi connectivity index (χ0n) is 16.9. The van der Waals surface area contributed by atoms with E-state index in [9.17, 15) is 9.59 Å². The number of benzene rings is 2. The summed E-state index contributed by atoms with van der Waals surface area (Å²) in [5, 5.41) is 8.86. The van der Waals surface area contributed by atoms with Gasteiger partial charge in [0.25, 0.3) is 5.91 Å². The minimum Gasteiger partial charge on any atom is -0.494 e. The van der Waals surface area contributed by atoms with E-state index in [4.69, 9.17) is 4.74 Å². The molecule has 0 saturated heterocycles. The Morgan fingerprint density at radius 2 is 1.54 bits per heavy atom. The lowest BCUT2D eigenvalue weighted by Gasteiger charge is -2.17. The van der Waals surface area contributed by atoms with Crippen molar-refractivity contribution in [3.05, 3.63) is 54.1 Å². The number of hydrogen-bond acceptors (Lipinski definition) is 4. The molecule has 1 unspecified atom stereocenters. The predicted octanol–water partition coefficient (Wildman–Crippen LogP) is 3.91. The van der Waals surface area contributed by atoms with Gasteiger partial charge in [-0.1, -0.05) is 13.8 Å². The molecule has 0 saturated carbocycles. The molecular weight excluding hydrogens is 354 g/mol. The fourth-order valence-corrected chi connectivity index (χ4v) is 2.40. The van der Waals surface area contributed by atoms with Crippen LogP contribution < -0.4 is 20.7 Å². The molecule has 28 heavy (non-hydrogen) atoms. The highest BCUT2D eigenvalue weighted by molar-refractivity contribution is 6.04. The third kappa shape index (κ3) is 6.61. The van der Waals surface area contributed by atoms with E-state index in [1.54, 1.807) is 36.4 Å². The maximum Gasteiger partial charge on any atom is 0.255 e. The number of anilines is 2. The van der Waals surface area contributed by atoms with Gasteiger partial charge in [-0.05, 0) is 68.3 Å². The van der Waals surface area contributed by atoms with Crippen molar-refractivity contribution in [2.45, 2.75) is 33.7 Å². The Bertz CT molecular complexity index is 771. The van der Waals surface area contributed by atoms with Gasteiger partial charge < -0.3 is 20.7 Å². The molecular formula is C22H29N3O3. The van der Waals surface area contributed by atoms with Crippen molar-refractivity contribution in [2.24, 2.45) is 5.92 Å². The van der Waals surface area contributed by atoms with Crippen LogP contribution in [0, 0.1) is 5.92 Å². The second kappa shape index (κ2) is 10.3. The Hall–Kier alpha value is -3.02. The van der Waals surface area contributed by atoms with Crippen LogP contribution in [0.25, 0.3) is 0 Å². The van der Waals surface area contributed by atoms with Crippen LogP contribution in [0.15, 0.2) is 48.5 Å². The van der Waals surface area contributed by atoms with Gasteiger partial charge >= 0.3 is 0 Å². The van der Waals surface area contributed by atoms with Crippen LogP contribution in [-0.4, -0.2) is 31.0 Å². The Morgan fingerprint density at radius 3 is 2.11 bits per heavy atom. The van der Waals surface area contributed by atoms with Gasteiger partial charge in [0.2, 0.25) is 5.91 Å². The van der Waals surface area contributed by atoms with Crippen molar-refractivity contribution < 1.29 is 14.3 Å². The van der Waals surface area contributed by atoms with Gasteiger partial charge in [0.05, 0.1) is 13.2 Å². The quantitative estimate of drug-likeness (QED) is 0.613. The fourth-order valence-electron chi connectivity index (χ4n) is 2.40. The van der Waals surface area contributed by atoms with Gasteiger partial charge in [-0.2, -0.15) is 0 Å². The molecule has 6 heteroatoms. The van der Waals surface area contributed by atoms with E-state index in [-0.39, 0.29) is 24.4 Å². The van der Waals surface area contributed by atoms with Gasteiger partial charge in [-0.15, -0.1) is 0 Å². The molecule has 0 aliphatic carbocycles. The number of carbonyl (C=O) groups is 2. The molecule has 0 fully saturated rings. The maximum absolute atomic E-state index is 12.4. The second-order valence-corrected chi connectivity index (χ2v) is 6.94. The normalized spacial score (nSPS) is 11.6. The highest BCUT2D eigenvalue weighted by atomic mass is 16.5. The zero-order valence-corrected chi connectivity index (χ0v) is 16.9. The fraction of sp³-hybridized carbons (Fsp3) is 0.364. The molecule has 0 bridgehead atoms. The lowest BCUT2D eigenvalue weighted by atomic mass is 10.1. The van der Waals surface area contributed by atoms with Crippen molar-refractivity contribution in [1.82, 2.24) is 5.32 Å². The van der Waals surface area contributed by atoms with E-state index in [0.717, 1.165) is 11.4 Å². The summed E-state index contributed by atoms with van der Waals surface area (Å²) in [7, 11) is 0. The molecule has 3 N–H and O–H groups in total. The number of hydrogen-bond donors (Lipinski definition) is 3. The smallest absolute Gasteiger partial charge is 0.255 e. The van der Waals surface area contributed by atoms with Gasteiger partial charge in [0.15, 0.2) is 0 Å². The standard InChI is InChI=1S/C22H29N3O3/c1-5-28-20-12-10-19(11-13-20)25-22(27)17-6-8-18(9-7-17)23-14-21(26)24-16(4)15(2)3/h6-13,15-16,23H,5,14H2,1-4H3,(H,24,26)(H,25,27). The molecule has 0 aliphatic heterocycles. The van der Waals surface area contributed by atoms with Crippen molar-refractivity contribution in [3.63, 3.8) is 0 Å². The van der Waals surface area contributed by atoms with Crippen LogP contribution in [0.2, 0.25) is 0 Å². The van der Waals surface area contributed by atoms with Crippen molar-refractivity contribution in [1.29, 1.82) is 0 Å². The highest BCUT2D eigenvalue weighted by Gasteiger charge is 2.11. The molecule has 0 heterocycles. The number of amides is 2. The summed E-state index contributed by atoms with van der Waals surface area (Å²) in [5.41, 5.74) is 2.02. The number of carbonyl (C=O) groups excluding carboxylic acids is 2. The summed E-state index contributed by atoms with van der Waals surface area (Å²) in [6.07, 6.45) is 0. The lowest BCUT2D eigenvalue weighted by Crippen LogP contribution is -2.39. The first-order valence-corrected chi connectivity index (χ1v) is 9.56. The Kier molecular flexibility index (Phi) is 7.87. The average molecular weight is 383 g/mol. The molecule has 1 atom stereocenters. The van der Waals surface area contributed by atoms with E-state index in [2.05, 4.69) is 29.8 Å². The van der Waals surface area contributed by atoms with Crippen LogP contribution >= 0.6 is 0 Å². The zero-order chi connectivity index (χ0) is 20.5. The first-order valence-electron chi connectivity index (χ1n) is 9.56. The molecule has 6 nitrogen and oxygen atoms in total. The molecule has 150 valence electrons. The molecule has 2 aromatic rings. The second-order valence-electron chi connectivity index (χ2n) is 6.94. The first kappa shape index (κ1) is 21.3. The van der Waals surface area contributed by atoms with E-state index < -0.39 is 0 Å². The first-order chi connectivity index (χ1) is 13.4. The molecule has 2 aromatic carbocycles. The minimum atomic E-state index is -0.195. The van der Waals surface area contributed by atoms with Crippen molar-refractivity contribution in [2.75, 3.05) is 23.8 Å². The van der Waals surface area contributed by atoms with E-state index in [0.29, 0.717) is 23.8 Å². The van der Waals surface area contributed by atoms with Gasteiger partial charge in [0.1, 0.15) is 5.75 Å². The molecule has 2 rings (SSSR count). The maximum atomic E-state index is 12.4. The van der Waals surface area contributed by atoms with E-state index >= 15 is 0 Å². The monoisotopic (exact) mass is 383 g/mol. The molecule has 0 radical (unpaired) electrons. The third-order valence-corrected chi connectivity index (χ3v) is 4.41. The van der Waals surface area contributed by atoms with Crippen molar-refractivity contribution >= 4 is 23.2 Å². The molecule has 0 aliphatic rings. The van der Waals surface area contributed by atoms with Crippen molar-refractivity contribution in [3.8, 4) is 5.75 Å². The summed E-state index contributed by atoms with van der Waals surface area (Å²) in [6, 6.07) is 14.4. The minimum absolute atomic E-state index is 0.0569. The number of ether oxygens (including phenoxy) is 1. The summed E-state index contributed by atoms with van der Waals surface area (Å²) < 4.78 is 5.39. The summed E-state index contributed by atoms with van der Waals surface area (Å²) in [5.74, 6) is 0.901. The SMILES string of the molecule is CCOc1ccc(NC(=O)c2ccc(NCC(=O)NC(C)C(C)C)cc2)cc1. The third-order valence-electron chi connectivity index (χ3n) is 4.41. The van der Waals surface area contributed by atoms with Gasteiger partial charge in [0, 0.05) is 23.0 Å². The largest absolute Gasteiger partial charge is 0.494 e. The predicted molar refractivity (Wildman–Crippen MR) is 113 cm³/mol. The van der Waals surface area contributed by atoms with Crippen LogP contribution in [-0.2, 0) is 4.79 Å². The number of nitrogens with one attached hydrogen (secondary N) is 3. The average Bonchev–Trinajstić information content (AvgIpc) is 2.68.